The first-order valence-electron chi connectivity index (χ1n) is 8.49. The fourth-order valence-electron chi connectivity index (χ4n) is 3.16. The Morgan fingerprint density at radius 3 is 2.85 bits per heavy atom. The van der Waals surface area contributed by atoms with Gasteiger partial charge in [0, 0.05) is 13.1 Å². The van der Waals surface area contributed by atoms with Crippen molar-refractivity contribution in [3.63, 3.8) is 0 Å². The third-order valence-corrected chi connectivity index (χ3v) is 7.73. The summed E-state index contributed by atoms with van der Waals surface area (Å²) in [5.74, 6) is 0.544. The van der Waals surface area contributed by atoms with E-state index in [0.29, 0.717) is 32.4 Å². The number of sulfonamides is 1. The molecule has 1 aromatic heterocycles. The zero-order valence-electron chi connectivity index (χ0n) is 14.6. The highest BCUT2D eigenvalue weighted by molar-refractivity contribution is 7.91. The van der Waals surface area contributed by atoms with Crippen LogP contribution in [0.1, 0.15) is 18.4 Å². The van der Waals surface area contributed by atoms with E-state index in [4.69, 9.17) is 4.74 Å². The van der Waals surface area contributed by atoms with Crippen LogP contribution in [0.3, 0.4) is 0 Å². The highest BCUT2D eigenvalue weighted by atomic mass is 32.2. The third-order valence-electron chi connectivity index (χ3n) is 4.45. The summed E-state index contributed by atoms with van der Waals surface area (Å²) in [4.78, 5) is 12.6. The lowest BCUT2D eigenvalue weighted by Crippen LogP contribution is -2.46. The van der Waals surface area contributed by atoms with Gasteiger partial charge in [-0.3, -0.25) is 4.79 Å². The second kappa shape index (κ2) is 8.20. The molecular weight excluding hydrogens is 372 g/mol. The fourth-order valence-corrected chi connectivity index (χ4v) is 5.94. The first-order valence-corrected chi connectivity index (χ1v) is 10.8. The largest absolute Gasteiger partial charge is 0.496 e. The Morgan fingerprint density at radius 2 is 2.12 bits per heavy atom. The Kier molecular flexibility index (Phi) is 5.95. The summed E-state index contributed by atoms with van der Waals surface area (Å²) < 4.78 is 32.4. The summed E-state index contributed by atoms with van der Waals surface area (Å²) in [5, 5.41) is 4.60. The van der Waals surface area contributed by atoms with Gasteiger partial charge >= 0.3 is 0 Å². The second-order valence-electron chi connectivity index (χ2n) is 6.06. The van der Waals surface area contributed by atoms with Gasteiger partial charge in [-0.25, -0.2) is 8.42 Å². The molecule has 0 saturated carbocycles. The van der Waals surface area contributed by atoms with E-state index in [1.165, 1.54) is 15.6 Å². The highest BCUT2D eigenvalue weighted by Crippen LogP contribution is 2.28. The van der Waals surface area contributed by atoms with Crippen molar-refractivity contribution in [1.82, 2.24) is 9.62 Å². The number of carbonyl (C=O) groups is 1. The van der Waals surface area contributed by atoms with Gasteiger partial charge in [-0.05, 0) is 42.3 Å². The van der Waals surface area contributed by atoms with Crippen LogP contribution in [-0.2, 0) is 21.2 Å². The molecular formula is C18H22N2O4S2. The number of nitrogens with zero attached hydrogens (tertiary/aromatic N) is 1. The van der Waals surface area contributed by atoms with Crippen molar-refractivity contribution < 1.29 is 17.9 Å². The quantitative estimate of drug-likeness (QED) is 0.782. The number of para-hydroxylation sites is 1. The van der Waals surface area contributed by atoms with Gasteiger partial charge in [0.25, 0.3) is 10.0 Å². The van der Waals surface area contributed by atoms with Gasteiger partial charge in [-0.15, -0.1) is 11.3 Å². The maximum Gasteiger partial charge on any atom is 0.253 e. The Morgan fingerprint density at radius 1 is 1.31 bits per heavy atom. The Bertz CT molecular complexity index is 850. The minimum Gasteiger partial charge on any atom is -0.496 e. The van der Waals surface area contributed by atoms with Gasteiger partial charge in [0.1, 0.15) is 16.0 Å². The molecule has 0 spiro atoms. The van der Waals surface area contributed by atoms with Crippen LogP contribution in [0.15, 0.2) is 46.0 Å². The minimum atomic E-state index is -3.61. The smallest absolute Gasteiger partial charge is 0.253 e. The number of rotatable bonds is 7. The van der Waals surface area contributed by atoms with E-state index < -0.39 is 16.1 Å². The SMILES string of the molecule is COc1ccccc1CCNC(=O)C1CCCN1S(=O)(=O)c1cccs1. The molecule has 26 heavy (non-hydrogen) atoms. The third kappa shape index (κ3) is 3.92. The van der Waals surface area contributed by atoms with E-state index in [9.17, 15) is 13.2 Å². The molecule has 2 heterocycles. The molecule has 1 unspecified atom stereocenters. The minimum absolute atomic E-state index is 0.238. The van der Waals surface area contributed by atoms with E-state index in [0.717, 1.165) is 11.3 Å². The number of amides is 1. The topological polar surface area (TPSA) is 75.7 Å². The molecule has 0 bridgehead atoms. The van der Waals surface area contributed by atoms with Crippen molar-refractivity contribution in [2.75, 3.05) is 20.2 Å². The van der Waals surface area contributed by atoms with Crippen LogP contribution in [-0.4, -0.2) is 44.9 Å². The van der Waals surface area contributed by atoms with Crippen LogP contribution in [0.5, 0.6) is 5.75 Å². The summed E-state index contributed by atoms with van der Waals surface area (Å²) in [5.41, 5.74) is 1.00. The zero-order chi connectivity index (χ0) is 18.6. The predicted molar refractivity (Wildman–Crippen MR) is 101 cm³/mol. The number of benzene rings is 1. The molecule has 1 aliphatic heterocycles. The standard InChI is InChI=1S/C18H22N2O4S2/c1-24-16-8-3-2-6-14(16)10-11-19-18(21)15-7-4-12-20(15)26(22,23)17-9-5-13-25-17/h2-3,5-6,8-9,13,15H,4,7,10-12H2,1H3,(H,19,21). The molecule has 1 amide bonds. The van der Waals surface area contributed by atoms with Gasteiger partial charge in [0.15, 0.2) is 0 Å². The summed E-state index contributed by atoms with van der Waals surface area (Å²) in [6.45, 7) is 0.813. The molecule has 2 aromatic rings. The molecule has 6 nitrogen and oxygen atoms in total. The maximum absolute atomic E-state index is 12.7. The lowest BCUT2D eigenvalue weighted by molar-refractivity contribution is -0.124. The first kappa shape index (κ1) is 18.9. The molecule has 1 aliphatic rings. The molecule has 140 valence electrons. The highest BCUT2D eigenvalue weighted by Gasteiger charge is 2.39. The Balaban J connectivity index is 1.62. The number of hydrogen-bond donors (Lipinski definition) is 1. The molecule has 0 aliphatic carbocycles. The molecule has 1 atom stereocenters. The molecule has 3 rings (SSSR count). The molecule has 1 aromatic carbocycles. The second-order valence-corrected chi connectivity index (χ2v) is 9.12. The van der Waals surface area contributed by atoms with Crippen LogP contribution in [0.25, 0.3) is 0 Å². The Hall–Kier alpha value is -1.90. The number of nitrogens with one attached hydrogen (secondary N) is 1. The number of hydrogen-bond acceptors (Lipinski definition) is 5. The van der Waals surface area contributed by atoms with E-state index in [2.05, 4.69) is 5.32 Å². The van der Waals surface area contributed by atoms with Gasteiger partial charge in [0.05, 0.1) is 7.11 Å². The molecule has 1 fully saturated rings. The monoisotopic (exact) mass is 394 g/mol. The maximum atomic E-state index is 12.7. The normalized spacial score (nSPS) is 18.0. The van der Waals surface area contributed by atoms with Crippen LogP contribution in [0, 0.1) is 0 Å². The van der Waals surface area contributed by atoms with Crippen LogP contribution >= 0.6 is 11.3 Å². The lowest BCUT2D eigenvalue weighted by atomic mass is 10.1. The van der Waals surface area contributed by atoms with Gasteiger partial charge in [-0.2, -0.15) is 4.31 Å². The van der Waals surface area contributed by atoms with Crippen molar-refractivity contribution in [1.29, 1.82) is 0 Å². The van der Waals surface area contributed by atoms with Crippen LogP contribution < -0.4 is 10.1 Å². The Labute approximate surface area is 157 Å². The predicted octanol–water partition coefficient (Wildman–Crippen LogP) is 2.27. The summed E-state index contributed by atoms with van der Waals surface area (Å²) >= 11 is 1.17. The van der Waals surface area contributed by atoms with Crippen molar-refractivity contribution in [2.45, 2.75) is 29.5 Å². The van der Waals surface area contributed by atoms with E-state index >= 15 is 0 Å². The number of methoxy groups -OCH3 is 1. The van der Waals surface area contributed by atoms with E-state index in [1.807, 2.05) is 24.3 Å². The fraction of sp³-hybridized carbons (Fsp3) is 0.389. The summed E-state index contributed by atoms with van der Waals surface area (Å²) in [7, 11) is -1.99. The average Bonchev–Trinajstić information content (AvgIpc) is 3.34. The van der Waals surface area contributed by atoms with Crippen LogP contribution in [0.2, 0.25) is 0 Å². The molecule has 8 heteroatoms. The van der Waals surface area contributed by atoms with E-state index in [1.54, 1.807) is 24.6 Å². The van der Waals surface area contributed by atoms with Crippen molar-refractivity contribution >= 4 is 27.3 Å². The van der Waals surface area contributed by atoms with Crippen molar-refractivity contribution in [3.05, 3.63) is 47.3 Å². The number of carbonyl (C=O) groups excluding carboxylic acids is 1. The van der Waals surface area contributed by atoms with Gasteiger partial charge in [0.2, 0.25) is 5.91 Å². The molecule has 1 saturated heterocycles. The molecule has 0 radical (unpaired) electrons. The van der Waals surface area contributed by atoms with Crippen molar-refractivity contribution in [2.24, 2.45) is 0 Å². The van der Waals surface area contributed by atoms with Crippen molar-refractivity contribution in [3.8, 4) is 5.75 Å². The summed E-state index contributed by atoms with van der Waals surface area (Å²) in [6.07, 6.45) is 1.86. The average molecular weight is 395 g/mol. The van der Waals surface area contributed by atoms with Gasteiger partial charge in [-0.1, -0.05) is 24.3 Å². The summed E-state index contributed by atoms with van der Waals surface area (Å²) in [6, 6.07) is 10.3. The molecule has 1 N–H and O–H groups in total. The lowest BCUT2D eigenvalue weighted by Gasteiger charge is -2.22. The zero-order valence-corrected chi connectivity index (χ0v) is 16.2. The number of thiophene rings is 1. The van der Waals surface area contributed by atoms with E-state index in [-0.39, 0.29) is 10.1 Å². The number of ether oxygens (including phenoxy) is 1. The van der Waals surface area contributed by atoms with Gasteiger partial charge < -0.3 is 10.1 Å². The van der Waals surface area contributed by atoms with Crippen LogP contribution in [0.4, 0.5) is 0 Å². The first-order chi connectivity index (χ1) is 12.5.